The standard InChI is InChI=1S/C26H20F2N4O2S/c1-14(2)13-32-24(22-6-4-19(12-30)35-22)23(21-10-16(27)3-5-20(21)26(32)34)25(33)31-18-8-15(11-29)7-17(28)9-18/h3-10,14,23-24H,13H2,1-2H3,(H,31,33)/t23?,24-/m1/s1. The molecule has 1 unspecified atom stereocenters. The van der Waals surface area contributed by atoms with Crippen molar-refractivity contribution in [3.8, 4) is 12.1 Å². The first kappa shape index (κ1) is 24.1. The van der Waals surface area contributed by atoms with E-state index in [0.29, 0.717) is 16.3 Å². The van der Waals surface area contributed by atoms with Crippen molar-refractivity contribution < 1.29 is 18.4 Å². The number of carbonyl (C=O) groups is 2. The minimum atomic E-state index is -1.05. The molecule has 0 saturated heterocycles. The molecule has 2 aromatic carbocycles. The van der Waals surface area contributed by atoms with E-state index in [9.17, 15) is 23.6 Å². The highest BCUT2D eigenvalue weighted by Gasteiger charge is 2.45. The molecule has 1 aliphatic rings. The fourth-order valence-electron chi connectivity index (χ4n) is 4.33. The van der Waals surface area contributed by atoms with Gasteiger partial charge in [0.2, 0.25) is 5.91 Å². The van der Waals surface area contributed by atoms with Gasteiger partial charge in [-0.2, -0.15) is 10.5 Å². The van der Waals surface area contributed by atoms with Crippen LogP contribution in [-0.2, 0) is 4.79 Å². The maximum absolute atomic E-state index is 14.3. The quantitative estimate of drug-likeness (QED) is 0.522. The lowest BCUT2D eigenvalue weighted by Gasteiger charge is -2.42. The van der Waals surface area contributed by atoms with Gasteiger partial charge in [-0.3, -0.25) is 9.59 Å². The number of amides is 2. The van der Waals surface area contributed by atoms with E-state index in [1.54, 1.807) is 17.0 Å². The second-order valence-electron chi connectivity index (χ2n) is 8.65. The molecule has 3 aromatic rings. The van der Waals surface area contributed by atoms with Gasteiger partial charge in [0, 0.05) is 22.7 Å². The van der Waals surface area contributed by atoms with Crippen molar-refractivity contribution in [2.45, 2.75) is 25.8 Å². The molecule has 176 valence electrons. The van der Waals surface area contributed by atoms with Crippen LogP contribution in [0.1, 0.15) is 57.0 Å². The number of thiophene rings is 1. The SMILES string of the molecule is CC(C)CN1C(=O)c2ccc(F)cc2C(C(=O)Nc2cc(F)cc(C#N)c2)[C@H]1c1ccc(C#N)s1. The fourth-order valence-corrected chi connectivity index (χ4v) is 5.28. The number of benzene rings is 2. The molecule has 0 saturated carbocycles. The largest absolute Gasteiger partial charge is 0.329 e. The molecule has 0 bridgehead atoms. The second-order valence-corrected chi connectivity index (χ2v) is 9.76. The van der Waals surface area contributed by atoms with Crippen molar-refractivity contribution in [1.29, 1.82) is 10.5 Å². The summed E-state index contributed by atoms with van der Waals surface area (Å²) in [4.78, 5) is 29.8. The molecule has 35 heavy (non-hydrogen) atoms. The lowest BCUT2D eigenvalue weighted by molar-refractivity contribution is -0.119. The van der Waals surface area contributed by atoms with E-state index in [1.165, 1.54) is 24.3 Å². The van der Waals surface area contributed by atoms with Crippen molar-refractivity contribution in [3.63, 3.8) is 0 Å². The van der Waals surface area contributed by atoms with Crippen molar-refractivity contribution in [1.82, 2.24) is 4.90 Å². The zero-order valence-corrected chi connectivity index (χ0v) is 19.7. The monoisotopic (exact) mass is 490 g/mol. The molecule has 0 aliphatic carbocycles. The lowest BCUT2D eigenvalue weighted by Crippen LogP contribution is -2.47. The van der Waals surface area contributed by atoms with Crippen LogP contribution in [0.3, 0.4) is 0 Å². The van der Waals surface area contributed by atoms with Crippen LogP contribution in [0.15, 0.2) is 48.5 Å². The Morgan fingerprint density at radius 2 is 1.86 bits per heavy atom. The predicted molar refractivity (Wildman–Crippen MR) is 127 cm³/mol. The predicted octanol–water partition coefficient (Wildman–Crippen LogP) is 5.35. The molecule has 1 aromatic heterocycles. The molecule has 0 radical (unpaired) electrons. The van der Waals surface area contributed by atoms with E-state index in [-0.39, 0.29) is 34.2 Å². The normalized spacial score (nSPS) is 17.0. The lowest BCUT2D eigenvalue weighted by atomic mass is 9.81. The maximum atomic E-state index is 14.3. The number of nitrogens with zero attached hydrogens (tertiary/aromatic N) is 3. The zero-order valence-electron chi connectivity index (χ0n) is 18.9. The summed E-state index contributed by atoms with van der Waals surface area (Å²) in [5, 5.41) is 21.1. The first-order valence-electron chi connectivity index (χ1n) is 10.8. The number of fused-ring (bicyclic) bond motifs is 1. The Labute approximate surface area is 205 Å². The minimum Gasteiger partial charge on any atom is -0.329 e. The molecule has 1 aliphatic heterocycles. The number of carbonyl (C=O) groups excluding carboxylic acids is 2. The molecule has 9 heteroatoms. The number of halogens is 2. The van der Waals surface area contributed by atoms with Crippen LogP contribution < -0.4 is 5.32 Å². The van der Waals surface area contributed by atoms with Gasteiger partial charge in [-0.15, -0.1) is 11.3 Å². The van der Waals surface area contributed by atoms with Gasteiger partial charge in [0.05, 0.1) is 23.6 Å². The first-order valence-corrected chi connectivity index (χ1v) is 11.6. The second kappa shape index (κ2) is 9.65. The number of anilines is 1. The average molecular weight is 491 g/mol. The molecule has 6 nitrogen and oxygen atoms in total. The van der Waals surface area contributed by atoms with Crippen molar-refractivity contribution in [3.05, 3.63) is 86.6 Å². The molecular formula is C26H20F2N4O2S. The van der Waals surface area contributed by atoms with Gasteiger partial charge in [-0.1, -0.05) is 13.8 Å². The van der Waals surface area contributed by atoms with E-state index in [0.717, 1.165) is 23.5 Å². The van der Waals surface area contributed by atoms with Gasteiger partial charge >= 0.3 is 0 Å². The van der Waals surface area contributed by atoms with Crippen LogP contribution in [0.2, 0.25) is 0 Å². The number of nitriles is 2. The van der Waals surface area contributed by atoms with E-state index >= 15 is 0 Å². The summed E-state index contributed by atoms with van der Waals surface area (Å²) in [5.74, 6) is -3.22. The third-order valence-electron chi connectivity index (χ3n) is 5.66. The Bertz CT molecular complexity index is 1400. The zero-order chi connectivity index (χ0) is 25.3. The Hall–Kier alpha value is -4.08. The Balaban J connectivity index is 1.88. The van der Waals surface area contributed by atoms with E-state index in [2.05, 4.69) is 11.4 Å². The summed E-state index contributed by atoms with van der Waals surface area (Å²) < 4.78 is 28.4. The van der Waals surface area contributed by atoms with Crippen LogP contribution in [0, 0.1) is 40.2 Å². The number of rotatable bonds is 5. The highest BCUT2D eigenvalue weighted by Crippen LogP contribution is 2.45. The molecule has 0 spiro atoms. The van der Waals surface area contributed by atoms with Gasteiger partial charge in [-0.05, 0) is 60.0 Å². The topological polar surface area (TPSA) is 97.0 Å². The Morgan fingerprint density at radius 1 is 1.09 bits per heavy atom. The van der Waals surface area contributed by atoms with Crippen LogP contribution in [-0.4, -0.2) is 23.3 Å². The van der Waals surface area contributed by atoms with Gasteiger partial charge in [-0.25, -0.2) is 8.78 Å². The van der Waals surface area contributed by atoms with Gasteiger partial charge in [0.25, 0.3) is 5.91 Å². The van der Waals surface area contributed by atoms with E-state index in [1.807, 2.05) is 19.9 Å². The molecular weight excluding hydrogens is 470 g/mol. The van der Waals surface area contributed by atoms with E-state index in [4.69, 9.17) is 5.26 Å². The number of hydrogen-bond donors (Lipinski definition) is 1. The fraction of sp³-hybridized carbons (Fsp3) is 0.231. The van der Waals surface area contributed by atoms with Crippen LogP contribution in [0.4, 0.5) is 14.5 Å². The molecule has 2 amide bonds. The van der Waals surface area contributed by atoms with Crippen LogP contribution >= 0.6 is 11.3 Å². The molecule has 4 rings (SSSR count). The highest BCUT2D eigenvalue weighted by atomic mass is 32.1. The number of hydrogen-bond acceptors (Lipinski definition) is 5. The van der Waals surface area contributed by atoms with Crippen LogP contribution in [0.25, 0.3) is 0 Å². The summed E-state index contributed by atoms with van der Waals surface area (Å²) in [5.41, 5.74) is 0.513. The van der Waals surface area contributed by atoms with Gasteiger partial charge in [0.1, 0.15) is 22.6 Å². The Kier molecular flexibility index (Phi) is 6.63. The van der Waals surface area contributed by atoms with Crippen molar-refractivity contribution in [2.75, 3.05) is 11.9 Å². The van der Waals surface area contributed by atoms with Crippen molar-refractivity contribution in [2.24, 2.45) is 5.92 Å². The van der Waals surface area contributed by atoms with Gasteiger partial charge < -0.3 is 10.2 Å². The smallest absolute Gasteiger partial charge is 0.254 e. The van der Waals surface area contributed by atoms with E-state index < -0.39 is 29.5 Å². The molecule has 0 fully saturated rings. The maximum Gasteiger partial charge on any atom is 0.254 e. The third kappa shape index (κ3) is 4.77. The highest BCUT2D eigenvalue weighted by molar-refractivity contribution is 7.12. The summed E-state index contributed by atoms with van der Waals surface area (Å²) in [6.07, 6.45) is 0. The number of nitrogens with one attached hydrogen (secondary N) is 1. The third-order valence-corrected chi connectivity index (χ3v) is 6.72. The van der Waals surface area contributed by atoms with Crippen molar-refractivity contribution >= 4 is 28.8 Å². The Morgan fingerprint density at radius 3 is 2.51 bits per heavy atom. The minimum absolute atomic E-state index is 0.0282. The molecule has 1 N–H and O–H groups in total. The molecule has 2 atom stereocenters. The molecule has 2 heterocycles. The summed E-state index contributed by atoms with van der Waals surface area (Å²) >= 11 is 1.16. The summed E-state index contributed by atoms with van der Waals surface area (Å²) in [6.45, 7) is 4.19. The average Bonchev–Trinajstić information content (AvgIpc) is 3.28. The first-order chi connectivity index (χ1) is 16.7. The summed E-state index contributed by atoms with van der Waals surface area (Å²) in [7, 11) is 0. The van der Waals surface area contributed by atoms with Crippen LogP contribution in [0.5, 0.6) is 0 Å². The summed E-state index contributed by atoms with van der Waals surface area (Å²) in [6, 6.07) is 13.6. The van der Waals surface area contributed by atoms with Gasteiger partial charge in [0.15, 0.2) is 0 Å².